The minimum absolute atomic E-state index is 0.0440. The second kappa shape index (κ2) is 10.8. The van der Waals surface area contributed by atoms with Crippen LogP contribution in [0.1, 0.15) is 35.3 Å². The van der Waals surface area contributed by atoms with E-state index in [4.69, 9.17) is 4.74 Å². The van der Waals surface area contributed by atoms with Gasteiger partial charge in [0.2, 0.25) is 5.96 Å². The smallest absolute Gasteiger partial charge is 0.280 e. The second-order valence-electron chi connectivity index (χ2n) is 7.89. The highest BCUT2D eigenvalue weighted by molar-refractivity contribution is 7.90. The summed E-state index contributed by atoms with van der Waals surface area (Å²) < 4.78 is 42.0. The molecule has 3 rings (SSSR count). The lowest BCUT2D eigenvalue weighted by Crippen LogP contribution is -2.52. The maximum Gasteiger partial charge on any atom is 0.280 e. The molecular formula is C22H28FN5O4S. The number of nitrogens with zero attached hydrogens (tertiary/aromatic N) is 1. The lowest BCUT2D eigenvalue weighted by Gasteiger charge is -2.20. The highest BCUT2D eigenvalue weighted by Gasteiger charge is 2.26. The summed E-state index contributed by atoms with van der Waals surface area (Å²) in [5, 5.41) is 6.27. The van der Waals surface area contributed by atoms with E-state index < -0.39 is 15.7 Å². The van der Waals surface area contributed by atoms with Gasteiger partial charge < -0.3 is 15.4 Å². The van der Waals surface area contributed by atoms with Crippen LogP contribution in [-0.4, -0.2) is 52.5 Å². The van der Waals surface area contributed by atoms with Gasteiger partial charge in [-0.1, -0.05) is 18.2 Å². The van der Waals surface area contributed by atoms with Gasteiger partial charge in [-0.05, 0) is 42.8 Å². The van der Waals surface area contributed by atoms with Gasteiger partial charge in [-0.25, -0.2) is 23.7 Å². The molecule has 2 unspecified atom stereocenters. The normalized spacial score (nSPS) is 19.8. The predicted octanol–water partition coefficient (Wildman–Crippen LogP) is 1.50. The van der Waals surface area contributed by atoms with Crippen molar-refractivity contribution in [3.8, 4) is 0 Å². The number of hydrogen-bond acceptors (Lipinski definition) is 6. The molecule has 0 spiro atoms. The van der Waals surface area contributed by atoms with Crippen LogP contribution in [-0.2, 0) is 14.6 Å². The van der Waals surface area contributed by atoms with E-state index in [2.05, 4.69) is 26.5 Å². The molecule has 3 atom stereocenters. The molecule has 2 aromatic rings. The number of guanidine groups is 1. The molecular weight excluding hydrogens is 449 g/mol. The summed E-state index contributed by atoms with van der Waals surface area (Å²) in [6.07, 6.45) is 1.40. The average Bonchev–Trinajstić information content (AvgIpc) is 3.22. The third-order valence-corrected chi connectivity index (χ3v) is 6.12. The Morgan fingerprint density at radius 2 is 1.97 bits per heavy atom. The fourth-order valence-corrected chi connectivity index (χ4v) is 4.05. The number of hydrazine groups is 1. The van der Waals surface area contributed by atoms with E-state index in [-0.39, 0.29) is 40.5 Å². The molecule has 1 amide bonds. The van der Waals surface area contributed by atoms with Crippen molar-refractivity contribution in [2.24, 2.45) is 4.99 Å². The van der Waals surface area contributed by atoms with Crippen LogP contribution in [0.4, 0.5) is 4.39 Å². The van der Waals surface area contributed by atoms with E-state index in [1.54, 1.807) is 19.2 Å². The molecule has 0 radical (unpaired) electrons. The van der Waals surface area contributed by atoms with Crippen molar-refractivity contribution in [2.75, 3.05) is 20.0 Å². The van der Waals surface area contributed by atoms with Crippen LogP contribution in [0, 0.1) is 5.82 Å². The van der Waals surface area contributed by atoms with Gasteiger partial charge in [-0.3, -0.25) is 4.79 Å². The highest BCUT2D eigenvalue weighted by Crippen LogP contribution is 2.21. The minimum atomic E-state index is -3.46. The number of benzene rings is 2. The number of sulfone groups is 1. The SMILES string of the molecule is COC[C@H](C)N/C(=N/C(=O)c1cccc(S(C)(=O)=O)c1)NC1CC(c2ccc(F)cc2)NN1. The second-order valence-corrected chi connectivity index (χ2v) is 9.91. The first-order valence-electron chi connectivity index (χ1n) is 10.4. The Balaban J connectivity index is 1.76. The zero-order valence-electron chi connectivity index (χ0n) is 18.6. The van der Waals surface area contributed by atoms with Crippen LogP contribution in [0.5, 0.6) is 0 Å². The number of aliphatic imine (C=N–C) groups is 1. The fourth-order valence-electron chi connectivity index (χ4n) is 3.39. The lowest BCUT2D eigenvalue weighted by atomic mass is 10.0. The molecule has 9 nitrogen and oxygen atoms in total. The van der Waals surface area contributed by atoms with Gasteiger partial charge in [0.1, 0.15) is 5.82 Å². The van der Waals surface area contributed by atoms with E-state index in [0.717, 1.165) is 11.8 Å². The predicted molar refractivity (Wildman–Crippen MR) is 123 cm³/mol. The third kappa shape index (κ3) is 7.06. The molecule has 1 aliphatic heterocycles. The Bertz CT molecular complexity index is 1110. The van der Waals surface area contributed by atoms with Crippen molar-refractivity contribution in [1.82, 2.24) is 21.5 Å². The summed E-state index contributed by atoms with van der Waals surface area (Å²) in [6.45, 7) is 2.25. The Kier molecular flexibility index (Phi) is 8.14. The first-order chi connectivity index (χ1) is 15.7. The van der Waals surface area contributed by atoms with Crippen LogP contribution < -0.4 is 21.5 Å². The molecule has 178 valence electrons. The van der Waals surface area contributed by atoms with E-state index in [1.807, 2.05) is 6.92 Å². The number of rotatable bonds is 7. The largest absolute Gasteiger partial charge is 0.383 e. The maximum atomic E-state index is 13.2. The molecule has 0 bridgehead atoms. The molecule has 1 heterocycles. The van der Waals surface area contributed by atoms with E-state index in [0.29, 0.717) is 13.0 Å². The number of amides is 1. The quantitative estimate of drug-likeness (QED) is 0.350. The molecule has 11 heteroatoms. The minimum Gasteiger partial charge on any atom is -0.383 e. The van der Waals surface area contributed by atoms with Crippen LogP contribution in [0.15, 0.2) is 58.4 Å². The Morgan fingerprint density at radius 1 is 1.24 bits per heavy atom. The van der Waals surface area contributed by atoms with Crippen molar-refractivity contribution in [1.29, 1.82) is 0 Å². The van der Waals surface area contributed by atoms with Crippen molar-refractivity contribution >= 4 is 21.7 Å². The Hall–Kier alpha value is -2.86. The van der Waals surface area contributed by atoms with E-state index in [1.165, 1.54) is 36.4 Å². The van der Waals surface area contributed by atoms with Gasteiger partial charge in [0.25, 0.3) is 5.91 Å². The van der Waals surface area contributed by atoms with E-state index >= 15 is 0 Å². The molecule has 0 saturated carbocycles. The van der Waals surface area contributed by atoms with Crippen molar-refractivity contribution < 1.29 is 22.3 Å². The first-order valence-corrected chi connectivity index (χ1v) is 12.3. The molecule has 33 heavy (non-hydrogen) atoms. The highest BCUT2D eigenvalue weighted by atomic mass is 32.2. The number of carbonyl (C=O) groups is 1. The lowest BCUT2D eigenvalue weighted by molar-refractivity contribution is 0.100. The van der Waals surface area contributed by atoms with Gasteiger partial charge in [-0.2, -0.15) is 4.99 Å². The molecule has 0 aromatic heterocycles. The van der Waals surface area contributed by atoms with Crippen LogP contribution in [0.25, 0.3) is 0 Å². The van der Waals surface area contributed by atoms with Gasteiger partial charge in [0, 0.05) is 37.4 Å². The summed E-state index contributed by atoms with van der Waals surface area (Å²) in [5.41, 5.74) is 7.31. The van der Waals surface area contributed by atoms with Gasteiger partial charge in [-0.15, -0.1) is 0 Å². The molecule has 4 N–H and O–H groups in total. The van der Waals surface area contributed by atoms with Gasteiger partial charge in [0.05, 0.1) is 17.7 Å². The monoisotopic (exact) mass is 477 g/mol. The molecule has 0 aliphatic carbocycles. The molecule has 1 saturated heterocycles. The number of hydrogen-bond donors (Lipinski definition) is 4. The van der Waals surface area contributed by atoms with E-state index in [9.17, 15) is 17.6 Å². The fraction of sp³-hybridized carbons (Fsp3) is 0.364. The van der Waals surface area contributed by atoms with Crippen LogP contribution in [0.2, 0.25) is 0 Å². The topological polar surface area (TPSA) is 121 Å². The van der Waals surface area contributed by atoms with Gasteiger partial charge >= 0.3 is 0 Å². The summed E-state index contributed by atoms with van der Waals surface area (Å²) >= 11 is 0. The number of nitrogens with one attached hydrogen (secondary N) is 4. The summed E-state index contributed by atoms with van der Waals surface area (Å²) in [4.78, 5) is 17.0. The Labute approximate surface area is 192 Å². The van der Waals surface area contributed by atoms with Gasteiger partial charge in [0.15, 0.2) is 9.84 Å². The van der Waals surface area contributed by atoms with Crippen molar-refractivity contribution in [3.63, 3.8) is 0 Å². The van der Waals surface area contributed by atoms with Crippen molar-refractivity contribution in [3.05, 3.63) is 65.5 Å². The Morgan fingerprint density at radius 3 is 2.64 bits per heavy atom. The van der Waals surface area contributed by atoms with Crippen LogP contribution >= 0.6 is 0 Å². The number of ether oxygens (including phenoxy) is 1. The summed E-state index contributed by atoms with van der Waals surface area (Å²) in [6, 6.07) is 11.8. The zero-order valence-corrected chi connectivity index (χ0v) is 19.4. The number of methoxy groups -OCH3 is 1. The number of carbonyl (C=O) groups excluding carboxylic acids is 1. The molecule has 1 aliphatic rings. The summed E-state index contributed by atoms with van der Waals surface area (Å²) in [7, 11) is -1.89. The maximum absolute atomic E-state index is 13.2. The first kappa shape index (κ1) is 24.8. The molecule has 1 fully saturated rings. The third-order valence-electron chi connectivity index (χ3n) is 5.01. The zero-order chi connectivity index (χ0) is 24.0. The van der Waals surface area contributed by atoms with Crippen LogP contribution in [0.3, 0.4) is 0 Å². The number of halogens is 1. The molecule has 2 aromatic carbocycles. The standard InChI is InChI=1S/C22H28FN5O4S/c1-14(13-32-2)24-22(26-21(29)16-5-4-6-18(11-16)33(3,30)31)25-20-12-19(27-28-20)15-7-9-17(23)10-8-15/h4-11,14,19-20,27-28H,12-13H2,1-3H3,(H2,24,25,26,29)/t14-,19?,20?/m0/s1. The summed E-state index contributed by atoms with van der Waals surface area (Å²) in [5.74, 6) is -0.682. The van der Waals surface area contributed by atoms with Crippen molar-refractivity contribution in [2.45, 2.75) is 36.5 Å². The average molecular weight is 478 g/mol.